The molecule has 1 aliphatic carbocycles. The molecule has 0 amide bonds. The van der Waals surface area contributed by atoms with Gasteiger partial charge in [0.1, 0.15) is 6.10 Å². The van der Waals surface area contributed by atoms with E-state index < -0.39 is 0 Å². The van der Waals surface area contributed by atoms with Crippen molar-refractivity contribution in [2.45, 2.75) is 50.7 Å². The second-order valence-electron chi connectivity index (χ2n) is 5.76. The van der Waals surface area contributed by atoms with E-state index in [1.807, 2.05) is 6.92 Å². The Balaban J connectivity index is 1.72. The monoisotopic (exact) mass is 265 g/mol. The molecule has 0 aromatic heterocycles. The number of halogens is 1. The maximum Gasteiger partial charge on any atom is 0.167 e. The standard InChI is InChI=1S/C15H20FNO2/c1-10-7-14(12(16)8-13(10)17)19-11-3-6-18-15(9-11)4-2-5-15/h7-8,11H,2-6,9,17H2,1H3. The summed E-state index contributed by atoms with van der Waals surface area (Å²) in [5.74, 6) is -0.0645. The second-order valence-corrected chi connectivity index (χ2v) is 5.76. The van der Waals surface area contributed by atoms with Crippen LogP contribution in [0.4, 0.5) is 10.1 Å². The lowest BCUT2D eigenvalue weighted by Crippen LogP contribution is -2.48. The molecule has 3 rings (SSSR count). The molecule has 1 aromatic rings. The highest BCUT2D eigenvalue weighted by atomic mass is 19.1. The molecular formula is C15H20FNO2. The zero-order valence-corrected chi connectivity index (χ0v) is 11.2. The summed E-state index contributed by atoms with van der Waals surface area (Å²) in [4.78, 5) is 0. The molecule has 4 heteroatoms. The number of aryl methyl sites for hydroxylation is 1. The van der Waals surface area contributed by atoms with Crippen molar-refractivity contribution < 1.29 is 13.9 Å². The first-order valence-electron chi connectivity index (χ1n) is 6.94. The molecular weight excluding hydrogens is 245 g/mol. The first-order valence-corrected chi connectivity index (χ1v) is 6.94. The van der Waals surface area contributed by atoms with E-state index in [1.165, 1.54) is 12.5 Å². The van der Waals surface area contributed by atoms with E-state index in [-0.39, 0.29) is 17.5 Å². The van der Waals surface area contributed by atoms with Crippen LogP contribution >= 0.6 is 0 Å². The molecule has 1 aliphatic heterocycles. The number of hydrogen-bond acceptors (Lipinski definition) is 3. The number of rotatable bonds is 2. The Morgan fingerprint density at radius 2 is 2.21 bits per heavy atom. The number of nitrogens with two attached hydrogens (primary N) is 1. The Labute approximate surface area is 112 Å². The number of hydrogen-bond donors (Lipinski definition) is 1. The molecule has 3 nitrogen and oxygen atoms in total. The van der Waals surface area contributed by atoms with E-state index >= 15 is 0 Å². The molecule has 0 bridgehead atoms. The fourth-order valence-corrected chi connectivity index (χ4v) is 2.94. The van der Waals surface area contributed by atoms with Crippen LogP contribution in [0.3, 0.4) is 0 Å². The highest BCUT2D eigenvalue weighted by molar-refractivity contribution is 5.50. The van der Waals surface area contributed by atoms with Gasteiger partial charge in [-0.05, 0) is 37.8 Å². The van der Waals surface area contributed by atoms with E-state index in [2.05, 4.69) is 0 Å². The van der Waals surface area contributed by atoms with Crippen molar-refractivity contribution in [2.24, 2.45) is 0 Å². The van der Waals surface area contributed by atoms with Crippen molar-refractivity contribution in [3.05, 3.63) is 23.5 Å². The molecule has 19 heavy (non-hydrogen) atoms. The van der Waals surface area contributed by atoms with Crippen molar-refractivity contribution >= 4 is 5.69 Å². The van der Waals surface area contributed by atoms with E-state index in [9.17, 15) is 4.39 Å². The summed E-state index contributed by atoms with van der Waals surface area (Å²) in [6.07, 6.45) is 5.18. The van der Waals surface area contributed by atoms with Gasteiger partial charge < -0.3 is 15.2 Å². The van der Waals surface area contributed by atoms with Crippen LogP contribution in [-0.2, 0) is 4.74 Å². The number of ether oxygens (including phenoxy) is 2. The minimum absolute atomic E-state index is 0.0161. The molecule has 2 N–H and O–H groups in total. The summed E-state index contributed by atoms with van der Waals surface area (Å²) in [7, 11) is 0. The van der Waals surface area contributed by atoms with Gasteiger partial charge in [-0.15, -0.1) is 0 Å². The minimum Gasteiger partial charge on any atom is -0.487 e. The number of anilines is 1. The van der Waals surface area contributed by atoms with Gasteiger partial charge in [-0.25, -0.2) is 4.39 Å². The Morgan fingerprint density at radius 3 is 2.89 bits per heavy atom. The van der Waals surface area contributed by atoms with Gasteiger partial charge in [0, 0.05) is 24.6 Å². The smallest absolute Gasteiger partial charge is 0.167 e. The summed E-state index contributed by atoms with van der Waals surface area (Å²) in [6, 6.07) is 3.02. The Hall–Kier alpha value is -1.29. The lowest BCUT2D eigenvalue weighted by atomic mass is 9.74. The number of benzene rings is 1. The fourth-order valence-electron chi connectivity index (χ4n) is 2.94. The molecule has 2 aliphatic rings. The van der Waals surface area contributed by atoms with Crippen LogP contribution in [0.15, 0.2) is 12.1 Å². The highest BCUT2D eigenvalue weighted by Crippen LogP contribution is 2.43. The van der Waals surface area contributed by atoms with E-state index in [1.54, 1.807) is 6.07 Å². The fraction of sp³-hybridized carbons (Fsp3) is 0.600. The molecule has 1 atom stereocenters. The second kappa shape index (κ2) is 4.67. The summed E-state index contributed by atoms with van der Waals surface area (Å²) >= 11 is 0. The molecule has 1 heterocycles. The largest absolute Gasteiger partial charge is 0.487 e. The first kappa shape index (κ1) is 12.7. The van der Waals surface area contributed by atoms with Crippen LogP contribution in [-0.4, -0.2) is 18.3 Å². The predicted molar refractivity (Wildman–Crippen MR) is 71.7 cm³/mol. The zero-order chi connectivity index (χ0) is 13.5. The Morgan fingerprint density at radius 1 is 1.42 bits per heavy atom. The molecule has 1 saturated carbocycles. The van der Waals surface area contributed by atoms with Gasteiger partial charge in [0.15, 0.2) is 11.6 Å². The lowest BCUT2D eigenvalue weighted by Gasteiger charge is -2.46. The summed E-state index contributed by atoms with van der Waals surface area (Å²) in [5.41, 5.74) is 7.01. The van der Waals surface area contributed by atoms with Crippen LogP contribution in [0.2, 0.25) is 0 Å². The maximum absolute atomic E-state index is 13.8. The highest BCUT2D eigenvalue weighted by Gasteiger charge is 2.43. The van der Waals surface area contributed by atoms with Crippen molar-refractivity contribution in [3.8, 4) is 5.75 Å². The van der Waals surface area contributed by atoms with Crippen LogP contribution in [0, 0.1) is 12.7 Å². The molecule has 1 aromatic carbocycles. The quantitative estimate of drug-likeness (QED) is 0.835. The minimum atomic E-state index is -0.378. The summed E-state index contributed by atoms with van der Waals surface area (Å²) in [6.45, 7) is 2.57. The summed E-state index contributed by atoms with van der Waals surface area (Å²) < 4.78 is 25.5. The van der Waals surface area contributed by atoms with Gasteiger partial charge in [0.25, 0.3) is 0 Å². The van der Waals surface area contributed by atoms with Gasteiger partial charge in [-0.1, -0.05) is 0 Å². The van der Waals surface area contributed by atoms with Gasteiger partial charge in [0.2, 0.25) is 0 Å². The Kier molecular flexibility index (Phi) is 3.13. The SMILES string of the molecule is Cc1cc(OC2CCOC3(CCC3)C2)c(F)cc1N. The third-order valence-corrected chi connectivity index (χ3v) is 4.33. The zero-order valence-electron chi connectivity index (χ0n) is 11.2. The van der Waals surface area contributed by atoms with E-state index in [0.29, 0.717) is 18.0 Å². The van der Waals surface area contributed by atoms with Crippen molar-refractivity contribution in [1.82, 2.24) is 0 Å². The third kappa shape index (κ3) is 2.41. The van der Waals surface area contributed by atoms with Crippen molar-refractivity contribution in [1.29, 1.82) is 0 Å². The van der Waals surface area contributed by atoms with Crippen LogP contribution in [0.5, 0.6) is 5.75 Å². The van der Waals surface area contributed by atoms with Gasteiger partial charge >= 0.3 is 0 Å². The normalized spacial score (nSPS) is 25.1. The van der Waals surface area contributed by atoms with Crippen LogP contribution < -0.4 is 10.5 Å². The van der Waals surface area contributed by atoms with Gasteiger partial charge in [0.05, 0.1) is 12.2 Å². The van der Waals surface area contributed by atoms with Gasteiger partial charge in [-0.3, -0.25) is 0 Å². The molecule has 1 unspecified atom stereocenters. The maximum atomic E-state index is 13.8. The average molecular weight is 265 g/mol. The molecule has 1 spiro atoms. The molecule has 104 valence electrons. The van der Waals surface area contributed by atoms with Crippen molar-refractivity contribution in [2.75, 3.05) is 12.3 Å². The van der Waals surface area contributed by atoms with E-state index in [0.717, 1.165) is 31.2 Å². The molecule has 2 fully saturated rings. The average Bonchev–Trinajstić information content (AvgIpc) is 2.34. The predicted octanol–water partition coefficient (Wildman–Crippen LogP) is 3.20. The van der Waals surface area contributed by atoms with Crippen molar-refractivity contribution in [3.63, 3.8) is 0 Å². The van der Waals surface area contributed by atoms with E-state index in [4.69, 9.17) is 15.2 Å². The van der Waals surface area contributed by atoms with Crippen LogP contribution in [0.1, 0.15) is 37.7 Å². The van der Waals surface area contributed by atoms with Crippen LogP contribution in [0.25, 0.3) is 0 Å². The number of nitrogen functional groups attached to an aromatic ring is 1. The molecule has 1 saturated heterocycles. The molecule has 0 radical (unpaired) electrons. The third-order valence-electron chi connectivity index (χ3n) is 4.33. The first-order chi connectivity index (χ1) is 9.08. The summed E-state index contributed by atoms with van der Waals surface area (Å²) in [5, 5.41) is 0. The Bertz CT molecular complexity index is 485. The topological polar surface area (TPSA) is 44.5 Å². The van der Waals surface area contributed by atoms with Gasteiger partial charge in [-0.2, -0.15) is 0 Å². The lowest BCUT2D eigenvalue weighted by molar-refractivity contribution is -0.153.